The summed E-state index contributed by atoms with van der Waals surface area (Å²) >= 11 is 0. The number of hydrogen-bond acceptors (Lipinski definition) is 2. The molecule has 4 nitrogen and oxygen atoms in total. The molecule has 1 heterocycles. The Morgan fingerprint density at radius 1 is 1.32 bits per heavy atom. The number of β-amino-alcohol motifs (C(OH)–C–C–N with tert-alkyl or cyclic N) is 1. The Kier molecular flexibility index (Phi) is 5.49. The Labute approximate surface area is 116 Å². The number of amides is 2. The molecule has 19 heavy (non-hydrogen) atoms. The van der Waals surface area contributed by atoms with Gasteiger partial charge in [0.2, 0.25) is 0 Å². The van der Waals surface area contributed by atoms with Crippen molar-refractivity contribution in [2.75, 3.05) is 13.1 Å². The summed E-state index contributed by atoms with van der Waals surface area (Å²) in [5.41, 5.74) is 0. The fourth-order valence-electron chi connectivity index (χ4n) is 3.30. The van der Waals surface area contributed by atoms with Gasteiger partial charge in [0, 0.05) is 19.1 Å². The van der Waals surface area contributed by atoms with Gasteiger partial charge in [-0.25, -0.2) is 4.79 Å². The zero-order valence-corrected chi connectivity index (χ0v) is 12.1. The summed E-state index contributed by atoms with van der Waals surface area (Å²) in [4.78, 5) is 13.8. The summed E-state index contributed by atoms with van der Waals surface area (Å²) in [5.74, 6) is 0.885. The summed E-state index contributed by atoms with van der Waals surface area (Å²) in [6.45, 7) is 3.35. The Morgan fingerprint density at radius 3 is 2.74 bits per heavy atom. The molecule has 0 aromatic carbocycles. The second kappa shape index (κ2) is 7.13. The molecular weight excluding hydrogens is 240 g/mol. The van der Waals surface area contributed by atoms with Gasteiger partial charge < -0.3 is 15.3 Å². The summed E-state index contributed by atoms with van der Waals surface area (Å²) in [6, 6.07) is 0.241. The normalized spacial score (nSPS) is 26.4. The number of carbonyl (C=O) groups is 1. The minimum atomic E-state index is -0.340. The first-order valence-electron chi connectivity index (χ1n) is 7.88. The molecule has 2 unspecified atom stereocenters. The predicted molar refractivity (Wildman–Crippen MR) is 76.0 cm³/mol. The van der Waals surface area contributed by atoms with E-state index in [9.17, 15) is 9.90 Å². The number of aliphatic hydroxyl groups excluding tert-OH is 1. The van der Waals surface area contributed by atoms with Gasteiger partial charge in [0.15, 0.2) is 0 Å². The molecule has 2 aliphatic rings. The number of likely N-dealkylation sites (tertiary alicyclic amines) is 1. The minimum absolute atomic E-state index is 0.00216. The zero-order valence-electron chi connectivity index (χ0n) is 12.1. The average molecular weight is 268 g/mol. The number of nitrogens with one attached hydrogen (secondary N) is 1. The van der Waals surface area contributed by atoms with Crippen LogP contribution in [0.1, 0.15) is 58.3 Å². The molecule has 2 rings (SSSR count). The Hall–Kier alpha value is -0.770. The third-order valence-corrected chi connectivity index (χ3v) is 4.54. The molecule has 1 aliphatic carbocycles. The number of carbonyl (C=O) groups excluding carboxylic acids is 1. The van der Waals surface area contributed by atoms with Crippen LogP contribution in [0.25, 0.3) is 0 Å². The molecule has 0 aromatic heterocycles. The van der Waals surface area contributed by atoms with Crippen LogP contribution in [0.5, 0.6) is 0 Å². The molecule has 2 fully saturated rings. The van der Waals surface area contributed by atoms with Crippen molar-refractivity contribution in [3.05, 3.63) is 0 Å². The topological polar surface area (TPSA) is 52.6 Å². The highest BCUT2D eigenvalue weighted by atomic mass is 16.3. The van der Waals surface area contributed by atoms with E-state index in [0.29, 0.717) is 6.54 Å². The molecule has 4 heteroatoms. The molecule has 2 atom stereocenters. The first-order valence-corrected chi connectivity index (χ1v) is 7.88. The minimum Gasteiger partial charge on any atom is -0.391 e. The fraction of sp³-hybridized carbons (Fsp3) is 0.933. The maximum absolute atomic E-state index is 12.1. The lowest BCUT2D eigenvalue weighted by atomic mass is 9.99. The van der Waals surface area contributed by atoms with Crippen LogP contribution in [0.2, 0.25) is 0 Å². The van der Waals surface area contributed by atoms with E-state index in [1.165, 1.54) is 32.1 Å². The van der Waals surface area contributed by atoms with Gasteiger partial charge >= 0.3 is 6.03 Å². The van der Waals surface area contributed by atoms with Gasteiger partial charge in [-0.2, -0.15) is 0 Å². The SMILES string of the molecule is CC(CCC1CCCC1)NC(=O)N1CCCC(O)C1. The van der Waals surface area contributed by atoms with E-state index >= 15 is 0 Å². The van der Waals surface area contributed by atoms with E-state index in [1.807, 2.05) is 0 Å². The van der Waals surface area contributed by atoms with Gasteiger partial charge in [-0.1, -0.05) is 25.7 Å². The molecule has 2 amide bonds. The zero-order chi connectivity index (χ0) is 13.7. The summed E-state index contributed by atoms with van der Waals surface area (Å²) < 4.78 is 0. The van der Waals surface area contributed by atoms with Crippen molar-refractivity contribution in [2.45, 2.75) is 70.4 Å². The fourth-order valence-corrected chi connectivity index (χ4v) is 3.30. The third-order valence-electron chi connectivity index (χ3n) is 4.54. The van der Waals surface area contributed by atoms with Crippen LogP contribution in [-0.2, 0) is 0 Å². The van der Waals surface area contributed by atoms with Crippen molar-refractivity contribution in [3.63, 3.8) is 0 Å². The standard InChI is InChI=1S/C15H28N2O2/c1-12(8-9-13-5-2-3-6-13)16-15(19)17-10-4-7-14(18)11-17/h12-14,18H,2-11H2,1H3,(H,16,19). The molecule has 1 saturated heterocycles. The highest BCUT2D eigenvalue weighted by Crippen LogP contribution is 2.28. The molecule has 2 N–H and O–H groups in total. The third kappa shape index (κ3) is 4.68. The van der Waals surface area contributed by atoms with Gasteiger partial charge in [-0.3, -0.25) is 0 Å². The molecule has 0 bridgehead atoms. The van der Waals surface area contributed by atoms with Crippen molar-refractivity contribution in [3.8, 4) is 0 Å². The molecule has 0 aromatic rings. The van der Waals surface area contributed by atoms with Gasteiger partial charge in [-0.15, -0.1) is 0 Å². The van der Waals surface area contributed by atoms with E-state index in [4.69, 9.17) is 0 Å². The number of hydrogen-bond donors (Lipinski definition) is 2. The predicted octanol–water partition coefficient (Wildman–Crippen LogP) is 2.51. The van der Waals surface area contributed by atoms with E-state index < -0.39 is 0 Å². The van der Waals surface area contributed by atoms with Crippen LogP contribution < -0.4 is 5.32 Å². The first-order chi connectivity index (χ1) is 9.15. The van der Waals surface area contributed by atoms with E-state index in [0.717, 1.165) is 31.7 Å². The van der Waals surface area contributed by atoms with Crippen LogP contribution in [0.15, 0.2) is 0 Å². The number of aliphatic hydroxyl groups is 1. The van der Waals surface area contributed by atoms with Gasteiger partial charge in [-0.05, 0) is 38.5 Å². The second-order valence-electron chi connectivity index (χ2n) is 6.32. The lowest BCUT2D eigenvalue weighted by molar-refractivity contribution is 0.0833. The van der Waals surface area contributed by atoms with E-state index in [2.05, 4.69) is 12.2 Å². The summed E-state index contributed by atoms with van der Waals surface area (Å²) in [5, 5.41) is 12.7. The smallest absolute Gasteiger partial charge is 0.317 e. The molecule has 1 saturated carbocycles. The lowest BCUT2D eigenvalue weighted by Crippen LogP contribution is -2.49. The highest BCUT2D eigenvalue weighted by Gasteiger charge is 2.23. The quantitative estimate of drug-likeness (QED) is 0.823. The van der Waals surface area contributed by atoms with Gasteiger partial charge in [0.1, 0.15) is 0 Å². The van der Waals surface area contributed by atoms with Gasteiger partial charge in [0.05, 0.1) is 6.10 Å². The van der Waals surface area contributed by atoms with E-state index in [-0.39, 0.29) is 18.2 Å². The number of urea groups is 1. The monoisotopic (exact) mass is 268 g/mol. The van der Waals surface area contributed by atoms with Crippen molar-refractivity contribution in [2.24, 2.45) is 5.92 Å². The number of nitrogens with zero attached hydrogens (tertiary/aromatic N) is 1. The Morgan fingerprint density at radius 2 is 2.05 bits per heavy atom. The molecule has 0 radical (unpaired) electrons. The van der Waals surface area contributed by atoms with Crippen LogP contribution in [-0.4, -0.2) is 41.3 Å². The van der Waals surface area contributed by atoms with Crippen molar-refractivity contribution < 1.29 is 9.90 Å². The van der Waals surface area contributed by atoms with Crippen LogP contribution in [0.3, 0.4) is 0 Å². The highest BCUT2D eigenvalue weighted by molar-refractivity contribution is 5.74. The Bertz CT molecular complexity index is 290. The van der Waals surface area contributed by atoms with Crippen molar-refractivity contribution in [1.82, 2.24) is 10.2 Å². The number of rotatable bonds is 4. The molecule has 1 aliphatic heterocycles. The largest absolute Gasteiger partial charge is 0.391 e. The molecule has 110 valence electrons. The second-order valence-corrected chi connectivity index (χ2v) is 6.32. The first kappa shape index (κ1) is 14.6. The van der Waals surface area contributed by atoms with Crippen LogP contribution >= 0.6 is 0 Å². The maximum atomic E-state index is 12.1. The van der Waals surface area contributed by atoms with Gasteiger partial charge in [0.25, 0.3) is 0 Å². The lowest BCUT2D eigenvalue weighted by Gasteiger charge is -2.31. The van der Waals surface area contributed by atoms with Crippen molar-refractivity contribution >= 4 is 6.03 Å². The number of piperidine rings is 1. The molecular formula is C15H28N2O2. The van der Waals surface area contributed by atoms with Crippen molar-refractivity contribution in [1.29, 1.82) is 0 Å². The molecule has 0 spiro atoms. The maximum Gasteiger partial charge on any atom is 0.317 e. The summed E-state index contributed by atoms with van der Waals surface area (Å²) in [6.07, 6.45) is 9.22. The van der Waals surface area contributed by atoms with E-state index in [1.54, 1.807) is 4.90 Å². The summed E-state index contributed by atoms with van der Waals surface area (Å²) in [7, 11) is 0. The Balaban J connectivity index is 1.65. The van der Waals surface area contributed by atoms with Crippen LogP contribution in [0, 0.1) is 5.92 Å². The van der Waals surface area contributed by atoms with Crippen LogP contribution in [0.4, 0.5) is 4.79 Å². The average Bonchev–Trinajstić information content (AvgIpc) is 2.89.